The number of nitrogens with one attached hydrogen (secondary N) is 2. The maximum absolute atomic E-state index is 13.9. The highest BCUT2D eigenvalue weighted by Crippen LogP contribution is 2.28. The van der Waals surface area contributed by atoms with Gasteiger partial charge >= 0.3 is 6.03 Å². The normalized spacial score (nSPS) is 11.4. The number of amides is 4. The van der Waals surface area contributed by atoms with Crippen LogP contribution in [0.3, 0.4) is 0 Å². The van der Waals surface area contributed by atoms with Gasteiger partial charge in [0.05, 0.1) is 10.8 Å². The fourth-order valence-electron chi connectivity index (χ4n) is 4.46. The van der Waals surface area contributed by atoms with E-state index in [-0.39, 0.29) is 17.8 Å². The van der Waals surface area contributed by atoms with Crippen LogP contribution in [0.1, 0.15) is 34.2 Å². The number of urea groups is 1. The molecule has 0 aliphatic rings. The van der Waals surface area contributed by atoms with Crippen LogP contribution in [0.4, 0.5) is 16.2 Å². The first kappa shape index (κ1) is 28.5. The van der Waals surface area contributed by atoms with Gasteiger partial charge in [0.1, 0.15) is 6.04 Å². The summed E-state index contributed by atoms with van der Waals surface area (Å²) in [6, 6.07) is 29.0. The minimum atomic E-state index is -1.22. The number of anilines is 1. The van der Waals surface area contributed by atoms with Crippen molar-refractivity contribution in [1.82, 2.24) is 10.6 Å². The standard InChI is InChI=1S/C31H29N5O5/c1-35(25-17-15-21(16-18-25)20-33-31(32)39)30(38)28(24-13-8-14-26(19-24)36(40)41)34-29(37)27(22-9-4-2-5-10-22)23-11-6-3-7-12-23/h2-19,27-28H,20H2,1H3,(H,34,37)(H3,32,33,39). The molecular weight excluding hydrogens is 522 g/mol. The number of hydrogen-bond acceptors (Lipinski definition) is 5. The molecule has 0 spiro atoms. The predicted molar refractivity (Wildman–Crippen MR) is 155 cm³/mol. The molecule has 0 aromatic heterocycles. The number of nitro groups is 1. The molecule has 0 heterocycles. The van der Waals surface area contributed by atoms with E-state index in [0.717, 1.165) is 16.7 Å². The third-order valence-corrected chi connectivity index (χ3v) is 6.60. The molecular formula is C31H29N5O5. The van der Waals surface area contributed by atoms with Crippen molar-refractivity contribution >= 4 is 29.2 Å². The number of likely N-dealkylation sites (N-methyl/N-ethyl adjacent to an activating group) is 1. The Bertz CT molecular complexity index is 1490. The zero-order valence-corrected chi connectivity index (χ0v) is 22.3. The van der Waals surface area contributed by atoms with Gasteiger partial charge in [-0.25, -0.2) is 4.79 Å². The molecule has 0 fully saturated rings. The van der Waals surface area contributed by atoms with Gasteiger partial charge in [-0.2, -0.15) is 0 Å². The molecule has 4 aromatic carbocycles. The van der Waals surface area contributed by atoms with E-state index in [1.807, 2.05) is 60.7 Å². The number of carbonyl (C=O) groups excluding carboxylic acids is 3. The number of carbonyl (C=O) groups is 3. The van der Waals surface area contributed by atoms with Crippen molar-refractivity contribution in [2.75, 3.05) is 11.9 Å². The van der Waals surface area contributed by atoms with Crippen LogP contribution in [0, 0.1) is 10.1 Å². The summed E-state index contributed by atoms with van der Waals surface area (Å²) in [5.74, 6) is -1.66. The fraction of sp³-hybridized carbons (Fsp3) is 0.129. The smallest absolute Gasteiger partial charge is 0.312 e. The van der Waals surface area contributed by atoms with Crippen molar-refractivity contribution in [1.29, 1.82) is 0 Å². The second kappa shape index (κ2) is 13.0. The van der Waals surface area contributed by atoms with Crippen molar-refractivity contribution in [3.63, 3.8) is 0 Å². The molecule has 4 N–H and O–H groups in total. The molecule has 4 aromatic rings. The van der Waals surface area contributed by atoms with E-state index in [2.05, 4.69) is 10.6 Å². The van der Waals surface area contributed by atoms with Gasteiger partial charge in [-0.05, 0) is 34.4 Å². The van der Waals surface area contributed by atoms with E-state index >= 15 is 0 Å². The Morgan fingerprint density at radius 3 is 1.93 bits per heavy atom. The molecule has 41 heavy (non-hydrogen) atoms. The van der Waals surface area contributed by atoms with Crippen molar-refractivity contribution in [2.24, 2.45) is 5.73 Å². The lowest BCUT2D eigenvalue weighted by atomic mass is 9.90. The van der Waals surface area contributed by atoms with Crippen LogP contribution in [0.5, 0.6) is 0 Å². The highest BCUT2D eigenvalue weighted by molar-refractivity contribution is 6.00. The van der Waals surface area contributed by atoms with E-state index in [0.29, 0.717) is 5.69 Å². The highest BCUT2D eigenvalue weighted by atomic mass is 16.6. The van der Waals surface area contributed by atoms with Gasteiger partial charge in [0, 0.05) is 31.4 Å². The highest BCUT2D eigenvalue weighted by Gasteiger charge is 2.31. The third-order valence-electron chi connectivity index (χ3n) is 6.60. The average Bonchev–Trinajstić information content (AvgIpc) is 2.99. The van der Waals surface area contributed by atoms with E-state index in [1.54, 1.807) is 37.4 Å². The maximum Gasteiger partial charge on any atom is 0.312 e. The zero-order valence-electron chi connectivity index (χ0n) is 22.3. The number of nitrogens with two attached hydrogens (primary N) is 1. The number of nitro benzene ring substituents is 1. The second-order valence-corrected chi connectivity index (χ2v) is 9.33. The summed E-state index contributed by atoms with van der Waals surface area (Å²) in [6.45, 7) is 0.222. The quantitative estimate of drug-likeness (QED) is 0.197. The van der Waals surface area contributed by atoms with Crippen LogP contribution < -0.4 is 21.3 Å². The van der Waals surface area contributed by atoms with E-state index < -0.39 is 34.7 Å². The Morgan fingerprint density at radius 1 is 0.829 bits per heavy atom. The zero-order chi connectivity index (χ0) is 29.4. The first-order valence-corrected chi connectivity index (χ1v) is 12.8. The first-order valence-electron chi connectivity index (χ1n) is 12.8. The largest absolute Gasteiger partial charge is 0.352 e. The molecule has 0 radical (unpaired) electrons. The summed E-state index contributed by atoms with van der Waals surface area (Å²) in [5, 5.41) is 16.9. The number of non-ortho nitro benzene ring substituents is 1. The summed E-state index contributed by atoms with van der Waals surface area (Å²) >= 11 is 0. The Morgan fingerprint density at radius 2 is 1.39 bits per heavy atom. The van der Waals surface area contributed by atoms with Gasteiger partial charge in [0.15, 0.2) is 0 Å². The van der Waals surface area contributed by atoms with Crippen molar-refractivity contribution in [3.8, 4) is 0 Å². The Labute approximate surface area is 236 Å². The lowest BCUT2D eigenvalue weighted by Gasteiger charge is -2.27. The van der Waals surface area contributed by atoms with Crippen LogP contribution >= 0.6 is 0 Å². The van der Waals surface area contributed by atoms with Gasteiger partial charge in [-0.15, -0.1) is 0 Å². The Hall–Kier alpha value is -5.51. The minimum absolute atomic E-state index is 0.203. The topological polar surface area (TPSA) is 148 Å². The molecule has 10 heteroatoms. The molecule has 0 saturated carbocycles. The van der Waals surface area contributed by atoms with Gasteiger partial charge in [-0.1, -0.05) is 84.9 Å². The summed E-state index contributed by atoms with van der Waals surface area (Å²) in [6.07, 6.45) is 0. The average molecular weight is 552 g/mol. The van der Waals surface area contributed by atoms with Gasteiger partial charge in [0.2, 0.25) is 5.91 Å². The van der Waals surface area contributed by atoms with Crippen molar-refractivity contribution in [3.05, 3.63) is 142 Å². The fourth-order valence-corrected chi connectivity index (χ4v) is 4.46. The van der Waals surface area contributed by atoms with E-state index in [1.165, 1.54) is 23.1 Å². The van der Waals surface area contributed by atoms with Crippen LogP contribution in [0.2, 0.25) is 0 Å². The van der Waals surface area contributed by atoms with Crippen molar-refractivity contribution in [2.45, 2.75) is 18.5 Å². The molecule has 0 saturated heterocycles. The van der Waals surface area contributed by atoms with Crippen molar-refractivity contribution < 1.29 is 19.3 Å². The predicted octanol–water partition coefficient (Wildman–Crippen LogP) is 4.42. The SMILES string of the molecule is CN(C(=O)C(NC(=O)C(c1ccccc1)c1ccccc1)c1cccc([N+](=O)[O-])c1)c1ccc(CNC(N)=O)cc1. The Kier molecular flexibility index (Phi) is 9.06. The molecule has 208 valence electrons. The van der Waals surface area contributed by atoms with Gasteiger partial charge in [0.25, 0.3) is 11.6 Å². The molecule has 0 bridgehead atoms. The van der Waals surface area contributed by atoms with Gasteiger partial charge < -0.3 is 21.3 Å². The van der Waals surface area contributed by atoms with E-state index in [9.17, 15) is 24.5 Å². The maximum atomic E-state index is 13.9. The number of benzene rings is 4. The monoisotopic (exact) mass is 551 g/mol. The molecule has 1 unspecified atom stereocenters. The molecule has 4 rings (SSSR count). The molecule has 1 atom stereocenters. The Balaban J connectivity index is 1.68. The van der Waals surface area contributed by atoms with Crippen LogP contribution in [0.15, 0.2) is 109 Å². The second-order valence-electron chi connectivity index (χ2n) is 9.33. The third kappa shape index (κ3) is 7.12. The number of hydrogen-bond donors (Lipinski definition) is 3. The summed E-state index contributed by atoms with van der Waals surface area (Å²) in [4.78, 5) is 51.2. The van der Waals surface area contributed by atoms with E-state index in [4.69, 9.17) is 5.73 Å². The van der Waals surface area contributed by atoms with Crippen LogP contribution in [-0.2, 0) is 16.1 Å². The number of primary amides is 1. The van der Waals surface area contributed by atoms with Crippen LogP contribution in [-0.4, -0.2) is 29.8 Å². The summed E-state index contributed by atoms with van der Waals surface area (Å²) in [5.41, 5.74) is 7.95. The minimum Gasteiger partial charge on any atom is -0.352 e. The molecule has 4 amide bonds. The summed E-state index contributed by atoms with van der Waals surface area (Å²) in [7, 11) is 1.56. The first-order chi connectivity index (χ1) is 19.7. The van der Waals surface area contributed by atoms with Gasteiger partial charge in [-0.3, -0.25) is 19.7 Å². The summed E-state index contributed by atoms with van der Waals surface area (Å²) < 4.78 is 0. The lowest BCUT2D eigenvalue weighted by molar-refractivity contribution is -0.384. The van der Waals surface area contributed by atoms with Crippen LogP contribution in [0.25, 0.3) is 0 Å². The molecule has 0 aliphatic heterocycles. The molecule has 10 nitrogen and oxygen atoms in total. The lowest BCUT2D eigenvalue weighted by Crippen LogP contribution is -2.43. The number of rotatable bonds is 10. The number of nitrogens with zero attached hydrogens (tertiary/aromatic N) is 2. The molecule has 0 aliphatic carbocycles.